The number of aromatic nitrogens is 3. The lowest BCUT2D eigenvalue weighted by atomic mass is 9.71. The number of piperidine rings is 2. The van der Waals surface area contributed by atoms with Crippen LogP contribution >= 0.6 is 0 Å². The van der Waals surface area contributed by atoms with Gasteiger partial charge in [-0.3, -0.25) is 29.5 Å². The lowest BCUT2D eigenvalue weighted by molar-refractivity contribution is -0.120. The van der Waals surface area contributed by atoms with Crippen LogP contribution in [-0.2, 0) is 23.4 Å². The van der Waals surface area contributed by atoms with Crippen molar-refractivity contribution in [1.82, 2.24) is 30.1 Å². The molecule has 4 N–H and O–H groups in total. The van der Waals surface area contributed by atoms with Crippen LogP contribution in [0.25, 0.3) is 33.5 Å². The number of aromatic amines is 1. The van der Waals surface area contributed by atoms with Crippen molar-refractivity contribution in [2.45, 2.75) is 71.4 Å². The second-order valence-electron chi connectivity index (χ2n) is 18.6. The van der Waals surface area contributed by atoms with Crippen molar-refractivity contribution in [3.63, 3.8) is 0 Å². The number of anilines is 2. The number of nitrogens with zero attached hydrogens (tertiary/aromatic N) is 5. The number of fused-ring (bicyclic) bond motifs is 1. The molecule has 0 aliphatic carbocycles. The first-order chi connectivity index (χ1) is 32.6. The molecule has 0 bridgehead atoms. The van der Waals surface area contributed by atoms with E-state index in [1.807, 2.05) is 17.9 Å². The van der Waals surface area contributed by atoms with Gasteiger partial charge < -0.3 is 25.0 Å². The Morgan fingerprint density at radius 3 is 2.31 bits per heavy atom. The fraction of sp³-hybridized carbons (Fsp3) is 0.346. The third-order valence-corrected chi connectivity index (χ3v) is 13.9. The molecule has 0 atom stereocenters. The summed E-state index contributed by atoms with van der Waals surface area (Å²) in [4.78, 5) is 69.7. The number of likely N-dealkylation sites (tertiary alicyclic amines) is 2. The molecular formula is C52H54F2N8O6. The maximum Gasteiger partial charge on any atom is 0.328 e. The van der Waals surface area contributed by atoms with Crippen molar-refractivity contribution in [2.24, 2.45) is 5.41 Å². The summed E-state index contributed by atoms with van der Waals surface area (Å²) < 4.78 is 35.9. The number of carbonyl (C=O) groups is 4. The Hall–Kier alpha value is -7.04. The topological polar surface area (TPSA) is 173 Å². The van der Waals surface area contributed by atoms with Gasteiger partial charge in [-0.25, -0.2) is 23.5 Å². The fourth-order valence-corrected chi connectivity index (χ4v) is 9.85. The number of urea groups is 1. The van der Waals surface area contributed by atoms with Gasteiger partial charge in [-0.15, -0.1) is 0 Å². The summed E-state index contributed by atoms with van der Waals surface area (Å²) >= 11 is 0. The van der Waals surface area contributed by atoms with Crippen molar-refractivity contribution in [3.05, 3.63) is 125 Å². The van der Waals surface area contributed by atoms with Crippen molar-refractivity contribution in [1.29, 1.82) is 0 Å². The quantitative estimate of drug-likeness (QED) is 0.0993. The first-order valence-electron chi connectivity index (χ1n) is 23.0. The standard InChI is InChI=1S/C52H54F2N8O6/c1-5-36-38(26-35(53)27-42(36)58-48(64)37-12-11-34(25-40(37)54)51(2,3)67)46-39-28-41(57-47(39)56-30-55-46)32-8-6-31(7-9-32)29-60-20-15-52(16-21-60)17-22-61(23-18-52)49(65)33-10-13-44(68-4)43(24-33)62-19-14-45(63)59-50(62)66/h6-13,24-28,30,67H,5,14-23,29H2,1-4H3,(H,58,64)(H,55,56,57)(H,59,63,66). The maximum absolute atomic E-state index is 15.4. The fourth-order valence-electron chi connectivity index (χ4n) is 9.85. The molecule has 9 rings (SSSR count). The van der Waals surface area contributed by atoms with Gasteiger partial charge in [0.2, 0.25) is 5.91 Å². The number of H-pyrrole nitrogens is 1. The van der Waals surface area contributed by atoms with Crippen LogP contribution < -0.4 is 20.3 Å². The maximum atomic E-state index is 15.4. The average molecular weight is 925 g/mol. The number of ether oxygens (including phenoxy) is 1. The number of aliphatic hydroxyl groups is 1. The summed E-state index contributed by atoms with van der Waals surface area (Å²) in [5.41, 5.74) is 5.20. The highest BCUT2D eigenvalue weighted by molar-refractivity contribution is 6.08. The normalized spacial score (nSPS) is 16.6. The Morgan fingerprint density at radius 2 is 1.63 bits per heavy atom. The smallest absolute Gasteiger partial charge is 0.328 e. The van der Waals surface area contributed by atoms with E-state index < -0.39 is 29.2 Å². The van der Waals surface area contributed by atoms with Crippen LogP contribution in [-0.4, -0.2) is 93.4 Å². The zero-order valence-electron chi connectivity index (χ0n) is 38.5. The first kappa shape index (κ1) is 46.1. The molecule has 3 saturated heterocycles. The van der Waals surface area contributed by atoms with Gasteiger partial charge in [0.1, 0.15) is 29.4 Å². The molecule has 5 heterocycles. The van der Waals surface area contributed by atoms with E-state index in [1.54, 1.807) is 18.2 Å². The summed E-state index contributed by atoms with van der Waals surface area (Å²) in [5, 5.41) is 16.0. The predicted octanol–water partition coefficient (Wildman–Crippen LogP) is 8.59. The third kappa shape index (κ3) is 9.30. The Kier molecular flexibility index (Phi) is 12.6. The minimum absolute atomic E-state index is 0.0832. The van der Waals surface area contributed by atoms with E-state index in [0.717, 1.165) is 62.6 Å². The van der Waals surface area contributed by atoms with E-state index >= 15 is 8.78 Å². The van der Waals surface area contributed by atoms with E-state index in [9.17, 15) is 24.3 Å². The van der Waals surface area contributed by atoms with Crippen LogP contribution in [0.2, 0.25) is 0 Å². The molecule has 1 spiro atoms. The van der Waals surface area contributed by atoms with Gasteiger partial charge >= 0.3 is 6.03 Å². The molecule has 14 nitrogen and oxygen atoms in total. The van der Waals surface area contributed by atoms with E-state index in [1.165, 1.54) is 62.0 Å². The van der Waals surface area contributed by atoms with Crippen LogP contribution in [0.5, 0.6) is 5.75 Å². The Labute approximate surface area is 392 Å². The number of rotatable bonds is 11. The number of methoxy groups -OCH3 is 1. The molecule has 16 heteroatoms. The second-order valence-corrected chi connectivity index (χ2v) is 18.6. The van der Waals surface area contributed by atoms with E-state index in [4.69, 9.17) is 4.74 Å². The Morgan fingerprint density at radius 1 is 0.897 bits per heavy atom. The minimum Gasteiger partial charge on any atom is -0.495 e. The average Bonchev–Trinajstić information content (AvgIpc) is 3.77. The molecule has 3 aliphatic rings. The van der Waals surface area contributed by atoms with Crippen LogP contribution in [0.4, 0.5) is 25.0 Å². The summed E-state index contributed by atoms with van der Waals surface area (Å²) in [6.07, 6.45) is 5.95. The first-order valence-corrected chi connectivity index (χ1v) is 23.0. The van der Waals surface area contributed by atoms with Gasteiger partial charge in [0.25, 0.3) is 11.8 Å². The molecule has 5 amide bonds. The van der Waals surface area contributed by atoms with E-state index in [-0.39, 0.29) is 41.4 Å². The van der Waals surface area contributed by atoms with Gasteiger partial charge in [0.15, 0.2) is 0 Å². The van der Waals surface area contributed by atoms with Crippen LogP contribution in [0, 0.1) is 17.0 Å². The number of halogens is 2. The predicted molar refractivity (Wildman–Crippen MR) is 254 cm³/mol. The zero-order valence-corrected chi connectivity index (χ0v) is 38.5. The van der Waals surface area contributed by atoms with Gasteiger partial charge in [-0.05, 0) is 135 Å². The van der Waals surface area contributed by atoms with Crippen molar-refractivity contribution < 1.29 is 37.8 Å². The monoisotopic (exact) mass is 924 g/mol. The minimum atomic E-state index is -1.29. The van der Waals surface area contributed by atoms with Gasteiger partial charge in [0.05, 0.1) is 29.7 Å². The highest BCUT2D eigenvalue weighted by Gasteiger charge is 2.39. The van der Waals surface area contributed by atoms with Crippen molar-refractivity contribution in [2.75, 3.05) is 50.1 Å². The third-order valence-electron chi connectivity index (χ3n) is 13.9. The molecule has 6 aromatic rings. The summed E-state index contributed by atoms with van der Waals surface area (Å²) in [7, 11) is 1.51. The lowest BCUT2D eigenvalue weighted by Crippen LogP contribution is -2.50. The van der Waals surface area contributed by atoms with E-state index in [0.29, 0.717) is 69.9 Å². The van der Waals surface area contributed by atoms with Gasteiger partial charge in [-0.2, -0.15) is 0 Å². The highest BCUT2D eigenvalue weighted by atomic mass is 19.1. The van der Waals surface area contributed by atoms with Gasteiger partial charge in [-0.1, -0.05) is 37.3 Å². The number of imide groups is 1. The highest BCUT2D eigenvalue weighted by Crippen LogP contribution is 2.43. The molecule has 2 aromatic heterocycles. The van der Waals surface area contributed by atoms with E-state index in [2.05, 4.69) is 54.8 Å². The summed E-state index contributed by atoms with van der Waals surface area (Å²) in [6, 6.07) is 21.4. The molecule has 3 aliphatic heterocycles. The molecule has 0 saturated carbocycles. The number of nitrogens with one attached hydrogen (secondary N) is 3. The SMILES string of the molecule is CCc1c(NC(=O)c2ccc(C(C)(C)O)cc2F)cc(F)cc1-c1ncnc2[nH]c(-c3ccc(CN4CCC5(CC4)CCN(C(=O)c4ccc(OC)c(N6CCC(=O)NC6=O)c4)CC5)cc3)cc12. The van der Waals surface area contributed by atoms with Crippen LogP contribution in [0.1, 0.15) is 90.3 Å². The molecule has 68 heavy (non-hydrogen) atoms. The lowest BCUT2D eigenvalue weighted by Gasteiger charge is -2.47. The zero-order chi connectivity index (χ0) is 47.9. The Bertz CT molecular complexity index is 2930. The molecular weight excluding hydrogens is 871 g/mol. The molecule has 3 fully saturated rings. The van der Waals surface area contributed by atoms with Crippen molar-refractivity contribution >= 4 is 46.2 Å². The summed E-state index contributed by atoms with van der Waals surface area (Å²) in [5.74, 6) is -2.11. The van der Waals surface area contributed by atoms with Crippen molar-refractivity contribution in [3.8, 4) is 28.3 Å². The number of amides is 5. The number of benzene rings is 4. The number of carbonyl (C=O) groups excluding carboxylic acids is 4. The van der Waals surface area contributed by atoms with Crippen LogP contribution in [0.15, 0.2) is 85.2 Å². The molecule has 0 unspecified atom stereocenters. The van der Waals surface area contributed by atoms with Gasteiger partial charge in [0, 0.05) is 60.5 Å². The number of hydrogen-bond acceptors (Lipinski definition) is 9. The molecule has 352 valence electrons. The summed E-state index contributed by atoms with van der Waals surface area (Å²) in [6.45, 7) is 9.19. The second kappa shape index (κ2) is 18.6. The largest absolute Gasteiger partial charge is 0.495 e. The Balaban J connectivity index is 0.827. The number of hydrogen-bond donors (Lipinski definition) is 4. The molecule has 0 radical (unpaired) electrons. The molecule has 4 aromatic carbocycles. The van der Waals surface area contributed by atoms with Crippen LogP contribution in [0.3, 0.4) is 0 Å².